The second-order valence-corrected chi connectivity index (χ2v) is 8.20. The minimum atomic E-state index is -0.225. The average Bonchev–Trinajstić information content (AvgIpc) is 3.20. The van der Waals surface area contributed by atoms with Crippen LogP contribution in [0.1, 0.15) is 34.6 Å². The monoisotopic (exact) mass is 458 g/mol. The topological polar surface area (TPSA) is 88.3 Å². The van der Waals surface area contributed by atoms with Gasteiger partial charge in [-0.2, -0.15) is 4.98 Å². The largest absolute Gasteiger partial charge is 0.350 e. The van der Waals surface area contributed by atoms with Gasteiger partial charge in [-0.1, -0.05) is 41.0 Å². The molecule has 0 aliphatic carbocycles. The van der Waals surface area contributed by atoms with Crippen LogP contribution in [0.25, 0.3) is 0 Å². The molecule has 1 aromatic heterocycles. The molecule has 0 bridgehead atoms. The minimum Gasteiger partial charge on any atom is -0.350 e. The predicted octanol–water partition coefficient (Wildman–Crippen LogP) is 4.10. The molecule has 0 spiro atoms. The van der Waals surface area contributed by atoms with E-state index in [1.165, 1.54) is 16.7 Å². The Morgan fingerprint density at radius 2 is 1.90 bits per heavy atom. The minimum absolute atomic E-state index is 0.0230. The van der Waals surface area contributed by atoms with Crippen molar-refractivity contribution < 1.29 is 14.1 Å². The fraction of sp³-hybridized carbons (Fsp3) is 0.273. The molecular weight excluding hydrogens is 436 g/mol. The molecule has 0 aliphatic rings. The van der Waals surface area contributed by atoms with Crippen LogP contribution in [0.15, 0.2) is 57.9 Å². The van der Waals surface area contributed by atoms with Gasteiger partial charge in [-0.25, -0.2) is 0 Å². The first kappa shape index (κ1) is 22.8. The number of carbonyl (C=O) groups is 2. The number of likely N-dealkylation sites (N-methyl/N-ethyl adjacent to an activating group) is 1. The maximum absolute atomic E-state index is 13.1. The molecule has 31 heavy (non-hydrogen) atoms. The molecular formula is C22H23ClN4O3S. The lowest BCUT2D eigenvalue weighted by atomic mass is 10.2. The maximum atomic E-state index is 13.1. The van der Waals surface area contributed by atoms with Gasteiger partial charge in [0.1, 0.15) is 0 Å². The van der Waals surface area contributed by atoms with Crippen LogP contribution in [0.4, 0.5) is 0 Å². The SMILES string of the molecule is CCN(CC(=O)NCc1ccc(Cl)cc1)C(=O)c1ccccc1SCc1nc(C)no1. The number of amides is 2. The Labute approximate surface area is 190 Å². The summed E-state index contributed by atoms with van der Waals surface area (Å²) in [4.78, 5) is 32.1. The number of carbonyl (C=O) groups excluding carboxylic acids is 2. The number of hydrogen-bond acceptors (Lipinski definition) is 6. The van der Waals surface area contributed by atoms with E-state index < -0.39 is 0 Å². The van der Waals surface area contributed by atoms with Crippen LogP contribution in [-0.2, 0) is 17.1 Å². The summed E-state index contributed by atoms with van der Waals surface area (Å²) in [5.74, 6) is 1.10. The van der Waals surface area contributed by atoms with Crippen LogP contribution in [0.5, 0.6) is 0 Å². The molecule has 162 valence electrons. The van der Waals surface area contributed by atoms with Gasteiger partial charge >= 0.3 is 0 Å². The molecule has 9 heteroatoms. The van der Waals surface area contributed by atoms with Gasteiger partial charge in [0, 0.05) is 23.0 Å². The highest BCUT2D eigenvalue weighted by Gasteiger charge is 2.20. The summed E-state index contributed by atoms with van der Waals surface area (Å²) in [6.07, 6.45) is 0. The Hall–Kier alpha value is -2.84. The Balaban J connectivity index is 1.61. The Kier molecular flexibility index (Phi) is 8.08. The van der Waals surface area contributed by atoms with E-state index >= 15 is 0 Å². The van der Waals surface area contributed by atoms with Crippen molar-refractivity contribution in [2.75, 3.05) is 13.1 Å². The van der Waals surface area contributed by atoms with Crippen molar-refractivity contribution in [3.63, 3.8) is 0 Å². The lowest BCUT2D eigenvalue weighted by Gasteiger charge is -2.21. The third-order valence-corrected chi connectivity index (χ3v) is 5.75. The zero-order valence-electron chi connectivity index (χ0n) is 17.3. The van der Waals surface area contributed by atoms with E-state index in [1.807, 2.05) is 37.3 Å². The summed E-state index contributed by atoms with van der Waals surface area (Å²) < 4.78 is 5.14. The Bertz CT molecular complexity index is 1040. The smallest absolute Gasteiger partial charge is 0.255 e. The normalized spacial score (nSPS) is 10.7. The Morgan fingerprint density at radius 1 is 1.16 bits per heavy atom. The van der Waals surface area contributed by atoms with Crippen LogP contribution in [-0.4, -0.2) is 39.9 Å². The summed E-state index contributed by atoms with van der Waals surface area (Å²) in [5, 5.41) is 7.27. The molecule has 2 aromatic carbocycles. The third kappa shape index (κ3) is 6.57. The third-order valence-electron chi connectivity index (χ3n) is 4.44. The van der Waals surface area contributed by atoms with E-state index in [0.29, 0.717) is 41.1 Å². The van der Waals surface area contributed by atoms with Crippen molar-refractivity contribution in [1.82, 2.24) is 20.4 Å². The van der Waals surface area contributed by atoms with Gasteiger partial charge in [0.15, 0.2) is 5.82 Å². The van der Waals surface area contributed by atoms with Gasteiger partial charge in [0.2, 0.25) is 11.8 Å². The van der Waals surface area contributed by atoms with Crippen LogP contribution in [0, 0.1) is 6.92 Å². The molecule has 0 radical (unpaired) electrons. The Morgan fingerprint density at radius 3 is 2.58 bits per heavy atom. The number of nitrogens with one attached hydrogen (secondary N) is 1. The van der Waals surface area contributed by atoms with Gasteiger partial charge in [0.25, 0.3) is 5.91 Å². The van der Waals surface area contributed by atoms with E-state index in [4.69, 9.17) is 16.1 Å². The summed E-state index contributed by atoms with van der Waals surface area (Å²) >= 11 is 7.32. The average molecular weight is 459 g/mol. The number of halogens is 1. The lowest BCUT2D eigenvalue weighted by molar-refractivity contribution is -0.121. The van der Waals surface area contributed by atoms with Gasteiger partial charge in [-0.15, -0.1) is 11.8 Å². The number of aromatic nitrogens is 2. The molecule has 0 saturated carbocycles. The van der Waals surface area contributed by atoms with Crippen molar-refractivity contribution in [3.05, 3.63) is 76.4 Å². The molecule has 0 aliphatic heterocycles. The first-order valence-corrected chi connectivity index (χ1v) is 11.1. The summed E-state index contributed by atoms with van der Waals surface area (Å²) in [6, 6.07) is 14.6. The van der Waals surface area contributed by atoms with E-state index in [0.717, 1.165) is 10.5 Å². The number of thioether (sulfide) groups is 1. The highest BCUT2D eigenvalue weighted by molar-refractivity contribution is 7.98. The van der Waals surface area contributed by atoms with Crippen LogP contribution < -0.4 is 5.32 Å². The van der Waals surface area contributed by atoms with E-state index in [2.05, 4.69) is 15.5 Å². The molecule has 1 heterocycles. The predicted molar refractivity (Wildman–Crippen MR) is 120 cm³/mol. The summed E-state index contributed by atoms with van der Waals surface area (Å²) in [7, 11) is 0. The highest BCUT2D eigenvalue weighted by atomic mass is 35.5. The quantitative estimate of drug-likeness (QED) is 0.485. The number of nitrogens with zero attached hydrogens (tertiary/aromatic N) is 3. The molecule has 0 unspecified atom stereocenters. The maximum Gasteiger partial charge on any atom is 0.255 e. The zero-order chi connectivity index (χ0) is 22.2. The fourth-order valence-corrected chi connectivity index (χ4v) is 3.84. The lowest BCUT2D eigenvalue weighted by Crippen LogP contribution is -2.40. The number of rotatable bonds is 9. The van der Waals surface area contributed by atoms with Crippen LogP contribution in [0.2, 0.25) is 5.02 Å². The molecule has 1 N–H and O–H groups in total. The van der Waals surface area contributed by atoms with Crippen molar-refractivity contribution in [2.24, 2.45) is 0 Å². The highest BCUT2D eigenvalue weighted by Crippen LogP contribution is 2.26. The van der Waals surface area contributed by atoms with Crippen molar-refractivity contribution in [1.29, 1.82) is 0 Å². The second kappa shape index (κ2) is 11.0. The van der Waals surface area contributed by atoms with Crippen molar-refractivity contribution in [3.8, 4) is 0 Å². The van der Waals surface area contributed by atoms with Gasteiger partial charge in [-0.3, -0.25) is 9.59 Å². The van der Waals surface area contributed by atoms with Crippen molar-refractivity contribution in [2.45, 2.75) is 31.0 Å². The molecule has 3 aromatic rings. The van der Waals surface area contributed by atoms with Gasteiger partial charge in [-0.05, 0) is 43.7 Å². The molecule has 2 amide bonds. The first-order chi connectivity index (χ1) is 15.0. The number of benzene rings is 2. The molecule has 0 saturated heterocycles. The zero-order valence-corrected chi connectivity index (χ0v) is 18.9. The van der Waals surface area contributed by atoms with Crippen molar-refractivity contribution >= 4 is 35.2 Å². The van der Waals surface area contributed by atoms with Crippen LogP contribution in [0.3, 0.4) is 0 Å². The van der Waals surface area contributed by atoms with E-state index in [-0.39, 0.29) is 18.4 Å². The number of hydrogen-bond donors (Lipinski definition) is 1. The summed E-state index contributed by atoms with van der Waals surface area (Å²) in [6.45, 7) is 4.37. The number of aryl methyl sites for hydroxylation is 1. The second-order valence-electron chi connectivity index (χ2n) is 6.74. The molecule has 3 rings (SSSR count). The van der Waals surface area contributed by atoms with Gasteiger partial charge < -0.3 is 14.7 Å². The molecule has 0 fully saturated rings. The van der Waals surface area contributed by atoms with E-state index in [9.17, 15) is 9.59 Å². The van der Waals surface area contributed by atoms with E-state index in [1.54, 1.807) is 25.1 Å². The molecule has 7 nitrogen and oxygen atoms in total. The van der Waals surface area contributed by atoms with Gasteiger partial charge in [0.05, 0.1) is 17.9 Å². The first-order valence-electron chi connectivity index (χ1n) is 9.77. The fourth-order valence-electron chi connectivity index (χ4n) is 2.84. The molecule has 0 atom stereocenters. The summed E-state index contributed by atoms with van der Waals surface area (Å²) in [5.41, 5.74) is 1.47. The standard InChI is InChI=1S/C22H23ClN4O3S/c1-3-27(13-20(28)24-12-16-8-10-17(23)11-9-16)22(29)18-6-4-5-7-19(18)31-14-21-25-15(2)26-30-21/h4-11H,3,12-14H2,1-2H3,(H,24,28). The van der Waals surface area contributed by atoms with Crippen LogP contribution >= 0.6 is 23.4 Å².